The molecule has 10 nitrogen and oxygen atoms in total. The van der Waals surface area contributed by atoms with Gasteiger partial charge in [-0.05, 0) is 46.0 Å². The SMILES string of the molecule is CCCNc1nc(Nc2ccc(OC)c(F)c2)ncc1C#CCCCNC(=O)C(C)N(C)C(=O)/C=C/CN(C)C. The van der Waals surface area contributed by atoms with Gasteiger partial charge in [-0.25, -0.2) is 9.37 Å². The van der Waals surface area contributed by atoms with Gasteiger partial charge in [0.25, 0.3) is 0 Å². The van der Waals surface area contributed by atoms with E-state index in [0.29, 0.717) is 55.5 Å². The standard InChI is InChI=1S/C29H40FN7O3/c1-7-16-31-27-22(20-33-29(35-27)34-23-14-15-25(40-6)24(30)19-23)12-9-8-10-17-32-28(39)21(2)37(5)26(38)13-11-18-36(3)4/h11,13-15,19-21H,7-8,10,16-18H2,1-6H3,(H,32,39)(H2,31,33,34,35)/b13-11+. The molecule has 40 heavy (non-hydrogen) atoms. The molecule has 0 fully saturated rings. The van der Waals surface area contributed by atoms with Crippen LogP contribution in [0.4, 0.5) is 21.8 Å². The molecule has 11 heteroatoms. The van der Waals surface area contributed by atoms with Crippen molar-refractivity contribution in [2.75, 3.05) is 58.5 Å². The second-order valence-corrected chi connectivity index (χ2v) is 9.34. The Bertz CT molecular complexity index is 1220. The smallest absolute Gasteiger partial charge is 0.246 e. The molecule has 1 heterocycles. The van der Waals surface area contributed by atoms with E-state index in [0.717, 1.165) is 6.42 Å². The molecule has 0 aliphatic heterocycles. The molecule has 0 saturated heterocycles. The summed E-state index contributed by atoms with van der Waals surface area (Å²) >= 11 is 0. The van der Waals surface area contributed by atoms with Crippen molar-refractivity contribution in [1.82, 2.24) is 25.1 Å². The largest absolute Gasteiger partial charge is 0.494 e. The molecule has 0 radical (unpaired) electrons. The van der Waals surface area contributed by atoms with E-state index in [4.69, 9.17) is 4.74 Å². The Morgan fingerprint density at radius 2 is 2.00 bits per heavy atom. The third-order valence-electron chi connectivity index (χ3n) is 5.78. The minimum Gasteiger partial charge on any atom is -0.494 e. The first-order chi connectivity index (χ1) is 19.2. The van der Waals surface area contributed by atoms with Crippen molar-refractivity contribution in [2.45, 2.75) is 39.2 Å². The number of halogens is 1. The molecular formula is C29H40FN7O3. The highest BCUT2D eigenvalue weighted by Crippen LogP contribution is 2.23. The number of carbonyl (C=O) groups excluding carboxylic acids is 2. The van der Waals surface area contributed by atoms with Crippen LogP contribution in [0, 0.1) is 17.7 Å². The zero-order chi connectivity index (χ0) is 29.5. The lowest BCUT2D eigenvalue weighted by Gasteiger charge is -2.23. The zero-order valence-electron chi connectivity index (χ0n) is 24.2. The van der Waals surface area contributed by atoms with E-state index in [1.807, 2.05) is 25.9 Å². The van der Waals surface area contributed by atoms with E-state index in [1.165, 1.54) is 30.2 Å². The van der Waals surface area contributed by atoms with Gasteiger partial charge in [0.1, 0.15) is 11.9 Å². The topological polar surface area (TPSA) is 112 Å². The summed E-state index contributed by atoms with van der Waals surface area (Å²) in [6.07, 6.45) is 6.96. The molecule has 0 spiro atoms. The van der Waals surface area contributed by atoms with Gasteiger partial charge in [0.05, 0.1) is 18.9 Å². The normalized spacial score (nSPS) is 11.5. The average molecular weight is 554 g/mol. The maximum atomic E-state index is 14.0. The number of amides is 2. The van der Waals surface area contributed by atoms with Crippen molar-refractivity contribution in [1.29, 1.82) is 0 Å². The molecule has 1 aromatic carbocycles. The highest BCUT2D eigenvalue weighted by Gasteiger charge is 2.20. The van der Waals surface area contributed by atoms with Gasteiger partial charge in [0, 0.05) is 50.9 Å². The summed E-state index contributed by atoms with van der Waals surface area (Å²) in [7, 11) is 6.85. The monoisotopic (exact) mass is 553 g/mol. The van der Waals surface area contributed by atoms with Crippen LogP contribution in [0.25, 0.3) is 0 Å². The molecule has 0 bridgehead atoms. The summed E-state index contributed by atoms with van der Waals surface area (Å²) in [4.78, 5) is 36.9. The van der Waals surface area contributed by atoms with Gasteiger partial charge in [0.15, 0.2) is 11.6 Å². The molecular weight excluding hydrogens is 513 g/mol. The zero-order valence-corrected chi connectivity index (χ0v) is 24.2. The Labute approximate surface area is 236 Å². The first-order valence-corrected chi connectivity index (χ1v) is 13.2. The van der Waals surface area contributed by atoms with Gasteiger partial charge >= 0.3 is 0 Å². The summed E-state index contributed by atoms with van der Waals surface area (Å²) in [5, 5.41) is 9.11. The van der Waals surface area contributed by atoms with Crippen molar-refractivity contribution in [3.05, 3.63) is 47.9 Å². The lowest BCUT2D eigenvalue weighted by atomic mass is 10.2. The molecule has 216 valence electrons. The number of carbonyl (C=O) groups is 2. The van der Waals surface area contributed by atoms with E-state index in [9.17, 15) is 14.0 Å². The molecule has 0 saturated carbocycles. The molecule has 1 atom stereocenters. The molecule has 1 unspecified atom stereocenters. The summed E-state index contributed by atoms with van der Waals surface area (Å²) in [5.41, 5.74) is 1.13. The Kier molecular flexibility index (Phi) is 13.4. The predicted molar refractivity (Wildman–Crippen MR) is 156 cm³/mol. The quantitative estimate of drug-likeness (QED) is 0.185. The van der Waals surface area contributed by atoms with E-state index in [-0.39, 0.29) is 17.6 Å². The summed E-state index contributed by atoms with van der Waals surface area (Å²) in [5.74, 6) is 6.31. The second kappa shape index (κ2) is 16.7. The van der Waals surface area contributed by atoms with Crippen LogP contribution in [0.2, 0.25) is 0 Å². The molecule has 0 aliphatic rings. The minimum absolute atomic E-state index is 0.155. The van der Waals surface area contributed by atoms with Gasteiger partial charge < -0.3 is 30.5 Å². The van der Waals surface area contributed by atoms with Crippen molar-refractivity contribution in [3.8, 4) is 17.6 Å². The van der Waals surface area contributed by atoms with Crippen molar-refractivity contribution >= 4 is 29.3 Å². The summed E-state index contributed by atoms with van der Waals surface area (Å²) in [6.45, 7) is 5.53. The van der Waals surface area contributed by atoms with Crippen molar-refractivity contribution in [3.63, 3.8) is 0 Å². The highest BCUT2D eigenvalue weighted by atomic mass is 19.1. The van der Waals surface area contributed by atoms with Crippen LogP contribution in [-0.4, -0.2) is 85.5 Å². The highest BCUT2D eigenvalue weighted by molar-refractivity contribution is 5.92. The molecule has 3 N–H and O–H groups in total. The van der Waals surface area contributed by atoms with Crippen LogP contribution in [0.1, 0.15) is 38.7 Å². The van der Waals surface area contributed by atoms with Crippen LogP contribution in [0.5, 0.6) is 5.75 Å². The molecule has 1 aromatic heterocycles. The first-order valence-electron chi connectivity index (χ1n) is 13.2. The fourth-order valence-corrected chi connectivity index (χ4v) is 3.33. The van der Waals surface area contributed by atoms with Gasteiger partial charge in [-0.2, -0.15) is 4.98 Å². The fourth-order valence-electron chi connectivity index (χ4n) is 3.33. The van der Waals surface area contributed by atoms with Gasteiger partial charge in [0.2, 0.25) is 17.8 Å². The third kappa shape index (κ3) is 10.5. The van der Waals surface area contributed by atoms with Crippen molar-refractivity contribution in [2.24, 2.45) is 0 Å². The van der Waals surface area contributed by atoms with Crippen LogP contribution >= 0.6 is 0 Å². The number of ether oxygens (including phenoxy) is 1. The van der Waals surface area contributed by atoms with E-state index in [2.05, 4.69) is 37.8 Å². The number of anilines is 3. The number of likely N-dealkylation sites (N-methyl/N-ethyl adjacent to an activating group) is 2. The van der Waals surface area contributed by atoms with Crippen molar-refractivity contribution < 1.29 is 18.7 Å². The first kappa shape index (κ1) is 32.0. The lowest BCUT2D eigenvalue weighted by molar-refractivity contribution is -0.135. The number of nitrogens with zero attached hydrogens (tertiary/aromatic N) is 4. The number of rotatable bonds is 14. The molecule has 2 aromatic rings. The molecule has 0 aliphatic carbocycles. The number of hydrogen-bond donors (Lipinski definition) is 3. The van der Waals surface area contributed by atoms with Gasteiger partial charge in [-0.1, -0.05) is 24.8 Å². The van der Waals surface area contributed by atoms with Gasteiger partial charge in [-0.15, -0.1) is 0 Å². The Morgan fingerprint density at radius 1 is 1.23 bits per heavy atom. The molecule has 2 rings (SSSR count). The maximum Gasteiger partial charge on any atom is 0.246 e. The van der Waals surface area contributed by atoms with E-state index in [1.54, 1.807) is 32.3 Å². The summed E-state index contributed by atoms with van der Waals surface area (Å²) in [6, 6.07) is 3.93. The number of unbranched alkanes of at least 4 members (excludes halogenated alkanes) is 1. The van der Waals surface area contributed by atoms with E-state index >= 15 is 0 Å². The Hall–Kier alpha value is -4.17. The van der Waals surface area contributed by atoms with Crippen LogP contribution in [-0.2, 0) is 9.59 Å². The van der Waals surface area contributed by atoms with E-state index < -0.39 is 11.9 Å². The fraction of sp³-hybridized carbons (Fsp3) is 0.448. The van der Waals surface area contributed by atoms with Gasteiger partial charge in [-0.3, -0.25) is 9.59 Å². The van der Waals surface area contributed by atoms with Crippen LogP contribution < -0.4 is 20.7 Å². The lowest BCUT2D eigenvalue weighted by Crippen LogP contribution is -2.45. The number of aromatic nitrogens is 2. The maximum absolute atomic E-state index is 14.0. The second-order valence-electron chi connectivity index (χ2n) is 9.34. The average Bonchev–Trinajstić information content (AvgIpc) is 2.93. The summed E-state index contributed by atoms with van der Waals surface area (Å²) < 4.78 is 19.0. The minimum atomic E-state index is -0.589. The number of hydrogen-bond acceptors (Lipinski definition) is 8. The Balaban J connectivity index is 1.90. The van der Waals surface area contributed by atoms with Crippen LogP contribution in [0.3, 0.4) is 0 Å². The number of benzene rings is 1. The number of nitrogens with one attached hydrogen (secondary N) is 3. The Morgan fingerprint density at radius 3 is 2.67 bits per heavy atom. The van der Waals surface area contributed by atoms with Crippen LogP contribution in [0.15, 0.2) is 36.5 Å². The predicted octanol–water partition coefficient (Wildman–Crippen LogP) is 3.40. The number of methoxy groups -OCH3 is 1. The third-order valence-corrected chi connectivity index (χ3v) is 5.78. The molecule has 2 amide bonds.